The molecule has 0 heterocycles. The lowest BCUT2D eigenvalue weighted by molar-refractivity contribution is -0.134. The van der Waals surface area contributed by atoms with Gasteiger partial charge in [-0.1, -0.05) is 18.2 Å². The maximum Gasteiger partial charge on any atom is 0.328 e. The first-order chi connectivity index (χ1) is 8.06. The van der Waals surface area contributed by atoms with Gasteiger partial charge in [0.25, 0.3) is 0 Å². The van der Waals surface area contributed by atoms with E-state index in [-0.39, 0.29) is 0 Å². The maximum absolute atomic E-state index is 9.86. The molecule has 3 N–H and O–H groups in total. The number of carbonyl (C=O) groups is 3. The fourth-order valence-corrected chi connectivity index (χ4v) is 0.745. The minimum absolute atomic E-state index is 0.558. The third-order valence-electron chi connectivity index (χ3n) is 1.37. The van der Waals surface area contributed by atoms with Crippen LogP contribution in [0.2, 0.25) is 0 Å². The number of hydrogen-bond acceptors (Lipinski definition) is 3. The number of carbonyl (C=O) groups excluding carboxylic acids is 1. The van der Waals surface area contributed by atoms with Gasteiger partial charge in [-0.05, 0) is 12.1 Å². The van der Waals surface area contributed by atoms with Gasteiger partial charge in [-0.15, -0.1) is 0 Å². The van der Waals surface area contributed by atoms with E-state index in [1.165, 1.54) is 0 Å². The number of carboxylic acids is 2. The normalized spacial score (nSPS) is 8.94. The van der Waals surface area contributed by atoms with E-state index < -0.39 is 11.9 Å². The van der Waals surface area contributed by atoms with E-state index in [1.807, 2.05) is 30.3 Å². The van der Waals surface area contributed by atoms with Crippen molar-refractivity contribution in [3.63, 3.8) is 0 Å². The smallest absolute Gasteiger partial charge is 0.328 e. The Bertz CT molecular complexity index is 384. The fourth-order valence-electron chi connectivity index (χ4n) is 0.745. The monoisotopic (exact) mass is 237 g/mol. The number of aliphatic carboxylic acids is 2. The van der Waals surface area contributed by atoms with Gasteiger partial charge in [0.2, 0.25) is 6.41 Å². The summed E-state index contributed by atoms with van der Waals surface area (Å²) < 4.78 is 0. The predicted octanol–water partition coefficient (Wildman–Crippen LogP) is 0.967. The minimum Gasteiger partial charge on any atom is -0.478 e. The molecule has 6 heteroatoms. The number of carboxylic acid groups (broad SMARTS) is 2. The third kappa shape index (κ3) is 9.67. The Morgan fingerprint density at radius 1 is 1.00 bits per heavy atom. The van der Waals surface area contributed by atoms with Crippen molar-refractivity contribution in [2.75, 3.05) is 5.32 Å². The number of rotatable bonds is 4. The van der Waals surface area contributed by atoms with E-state index >= 15 is 0 Å². The van der Waals surface area contributed by atoms with Crippen LogP contribution in [0.3, 0.4) is 0 Å². The van der Waals surface area contributed by atoms with Crippen LogP contribution >= 0.6 is 0 Å². The van der Waals surface area contributed by atoms with Crippen LogP contribution in [0.15, 0.2) is 42.5 Å². The van der Waals surface area contributed by atoms with Crippen LogP contribution in [0.25, 0.3) is 0 Å². The summed E-state index contributed by atoms with van der Waals surface area (Å²) in [6, 6.07) is 9.29. The molecule has 0 radical (unpaired) electrons. The van der Waals surface area contributed by atoms with Gasteiger partial charge in [0.15, 0.2) is 0 Å². The highest BCUT2D eigenvalue weighted by atomic mass is 16.4. The Labute approximate surface area is 97.2 Å². The summed E-state index contributed by atoms with van der Waals surface area (Å²) >= 11 is 0. The lowest BCUT2D eigenvalue weighted by Gasteiger charge is -1.93. The van der Waals surface area contributed by atoms with Gasteiger partial charge >= 0.3 is 11.9 Å². The van der Waals surface area contributed by atoms with Crippen LogP contribution in [0.5, 0.6) is 0 Å². The van der Waals surface area contributed by atoms with Gasteiger partial charge in [0, 0.05) is 17.8 Å². The highest BCUT2D eigenvalue weighted by Gasteiger charge is 1.88. The summed E-state index contributed by atoms with van der Waals surface area (Å²) in [6.45, 7) is 0. The van der Waals surface area contributed by atoms with Crippen LogP contribution in [-0.4, -0.2) is 28.6 Å². The molecule has 0 aromatic heterocycles. The Hall–Kier alpha value is -2.63. The van der Waals surface area contributed by atoms with Gasteiger partial charge in [-0.2, -0.15) is 0 Å². The van der Waals surface area contributed by atoms with Crippen LogP contribution in [0.4, 0.5) is 5.69 Å². The Kier molecular flexibility index (Phi) is 7.32. The van der Waals surface area contributed by atoms with E-state index in [2.05, 4.69) is 5.32 Å². The molecular formula is C11H11NO5. The number of hydrogen-bond donors (Lipinski definition) is 3. The van der Waals surface area contributed by atoms with E-state index in [0.717, 1.165) is 5.69 Å². The van der Waals surface area contributed by atoms with Gasteiger partial charge < -0.3 is 15.5 Å². The lowest BCUT2D eigenvalue weighted by Crippen LogP contribution is -1.91. The standard InChI is InChI=1S/C7H7NO.C4H4O4/c9-6-8-7-4-2-1-3-5-7;5-3(6)1-2-4(7)8/h1-6H,(H,8,9);1-2H,(H,5,6)(H,7,8)/b;2-1+. The molecule has 1 aromatic rings. The Balaban J connectivity index is 0.000000304. The maximum atomic E-state index is 9.86. The Morgan fingerprint density at radius 2 is 1.47 bits per heavy atom. The fraction of sp³-hybridized carbons (Fsp3) is 0. The molecule has 0 fully saturated rings. The molecule has 0 atom stereocenters. The van der Waals surface area contributed by atoms with Crippen LogP contribution < -0.4 is 5.32 Å². The summed E-state index contributed by atoms with van der Waals surface area (Å²) in [5.41, 5.74) is 0.826. The van der Waals surface area contributed by atoms with Gasteiger partial charge in [-0.3, -0.25) is 4.79 Å². The van der Waals surface area contributed by atoms with Crippen molar-refractivity contribution in [1.82, 2.24) is 0 Å². The largest absolute Gasteiger partial charge is 0.478 e. The van der Waals surface area contributed by atoms with Crippen LogP contribution in [0.1, 0.15) is 0 Å². The molecule has 0 aliphatic heterocycles. The van der Waals surface area contributed by atoms with Gasteiger partial charge in [0.1, 0.15) is 0 Å². The number of amides is 1. The van der Waals surface area contributed by atoms with E-state index in [4.69, 9.17) is 10.2 Å². The van der Waals surface area contributed by atoms with E-state index in [9.17, 15) is 14.4 Å². The van der Waals surface area contributed by atoms with Crippen molar-refractivity contribution in [3.05, 3.63) is 42.5 Å². The number of nitrogens with one attached hydrogen (secondary N) is 1. The SMILES string of the molecule is O=C(O)/C=C/C(=O)O.O=CNc1ccccc1. The third-order valence-corrected chi connectivity index (χ3v) is 1.37. The minimum atomic E-state index is -1.26. The molecule has 17 heavy (non-hydrogen) atoms. The number of anilines is 1. The zero-order chi connectivity index (χ0) is 13.1. The first kappa shape index (κ1) is 14.4. The highest BCUT2D eigenvalue weighted by molar-refractivity contribution is 5.89. The Morgan fingerprint density at radius 3 is 1.82 bits per heavy atom. The molecule has 1 aromatic carbocycles. The molecule has 0 aliphatic carbocycles. The zero-order valence-electron chi connectivity index (χ0n) is 8.74. The quantitative estimate of drug-likeness (QED) is 0.534. The second-order valence-corrected chi connectivity index (χ2v) is 2.64. The molecule has 1 amide bonds. The molecule has 0 bridgehead atoms. The topological polar surface area (TPSA) is 104 Å². The van der Waals surface area contributed by atoms with Crippen molar-refractivity contribution >= 4 is 24.0 Å². The second kappa shape index (κ2) is 8.66. The van der Waals surface area contributed by atoms with E-state index in [0.29, 0.717) is 18.6 Å². The molecule has 0 saturated carbocycles. The molecule has 1 rings (SSSR count). The number of para-hydroxylation sites is 1. The van der Waals surface area contributed by atoms with Gasteiger partial charge in [-0.25, -0.2) is 9.59 Å². The number of benzene rings is 1. The molecule has 0 aliphatic rings. The molecule has 6 nitrogen and oxygen atoms in total. The van der Waals surface area contributed by atoms with Crippen molar-refractivity contribution < 1.29 is 24.6 Å². The van der Waals surface area contributed by atoms with Crippen molar-refractivity contribution in [3.8, 4) is 0 Å². The summed E-state index contributed by atoms with van der Waals surface area (Å²) in [7, 11) is 0. The molecule has 0 saturated heterocycles. The molecule has 90 valence electrons. The van der Waals surface area contributed by atoms with Gasteiger partial charge in [0.05, 0.1) is 0 Å². The average molecular weight is 237 g/mol. The summed E-state index contributed by atoms with van der Waals surface area (Å²) in [5, 5.41) is 18.2. The zero-order valence-corrected chi connectivity index (χ0v) is 8.74. The predicted molar refractivity (Wildman–Crippen MR) is 60.5 cm³/mol. The first-order valence-corrected chi connectivity index (χ1v) is 4.45. The lowest BCUT2D eigenvalue weighted by atomic mass is 10.3. The first-order valence-electron chi connectivity index (χ1n) is 4.45. The van der Waals surface area contributed by atoms with Crippen LogP contribution in [-0.2, 0) is 14.4 Å². The van der Waals surface area contributed by atoms with E-state index in [1.54, 1.807) is 0 Å². The average Bonchev–Trinajstić information content (AvgIpc) is 2.29. The second-order valence-electron chi connectivity index (χ2n) is 2.64. The molecule has 0 unspecified atom stereocenters. The van der Waals surface area contributed by atoms with Crippen molar-refractivity contribution in [1.29, 1.82) is 0 Å². The van der Waals surface area contributed by atoms with Crippen molar-refractivity contribution in [2.45, 2.75) is 0 Å². The summed E-state index contributed by atoms with van der Waals surface area (Å²) in [6.07, 6.45) is 1.78. The highest BCUT2D eigenvalue weighted by Crippen LogP contribution is 2.01. The summed E-state index contributed by atoms with van der Waals surface area (Å²) in [4.78, 5) is 29.0. The summed E-state index contributed by atoms with van der Waals surface area (Å²) in [5.74, 6) is -2.51. The van der Waals surface area contributed by atoms with Crippen molar-refractivity contribution in [2.24, 2.45) is 0 Å². The van der Waals surface area contributed by atoms with Crippen LogP contribution in [0, 0.1) is 0 Å². The molecular weight excluding hydrogens is 226 g/mol. The molecule has 0 spiro atoms.